The highest BCUT2D eigenvalue weighted by Gasteiger charge is 2.04. The second-order valence-corrected chi connectivity index (χ2v) is 5.12. The Kier molecular flexibility index (Phi) is 4.98. The smallest absolute Gasteiger partial charge is 0.0962 e. The van der Waals surface area contributed by atoms with Gasteiger partial charge in [0.25, 0.3) is 0 Å². The third-order valence-electron chi connectivity index (χ3n) is 1.77. The maximum Gasteiger partial charge on any atom is 0.0962 e. The van der Waals surface area contributed by atoms with Gasteiger partial charge in [0.05, 0.1) is 5.03 Å². The second kappa shape index (κ2) is 6.04. The molecule has 1 aromatic rings. The summed E-state index contributed by atoms with van der Waals surface area (Å²) in [5.41, 5.74) is 0. The molecule has 0 aromatic carbocycles. The zero-order chi connectivity index (χ0) is 10.4. The fourth-order valence-corrected chi connectivity index (χ4v) is 1.94. The Hall–Kier alpha value is -0.540. The Morgan fingerprint density at radius 1 is 1.36 bits per heavy atom. The molecule has 0 spiro atoms. The first kappa shape index (κ1) is 11.5. The zero-order valence-corrected chi connectivity index (χ0v) is 9.84. The minimum Gasteiger partial charge on any atom is -0.313 e. The van der Waals surface area contributed by atoms with E-state index in [2.05, 4.69) is 37.1 Å². The topological polar surface area (TPSA) is 24.9 Å². The van der Waals surface area contributed by atoms with E-state index >= 15 is 0 Å². The van der Waals surface area contributed by atoms with Gasteiger partial charge in [-0.2, -0.15) is 0 Å². The molecule has 0 amide bonds. The maximum absolute atomic E-state index is 4.28. The SMILES string of the molecule is CC(C)NCC(C)Sc1ccccn1. The molecule has 0 bridgehead atoms. The van der Waals surface area contributed by atoms with Crippen LogP contribution in [0, 0.1) is 0 Å². The van der Waals surface area contributed by atoms with Crippen molar-refractivity contribution < 1.29 is 0 Å². The summed E-state index contributed by atoms with van der Waals surface area (Å²) in [7, 11) is 0. The fraction of sp³-hybridized carbons (Fsp3) is 0.545. The van der Waals surface area contributed by atoms with Gasteiger partial charge in [-0.1, -0.05) is 26.8 Å². The lowest BCUT2D eigenvalue weighted by Crippen LogP contribution is -2.28. The molecule has 0 aliphatic heterocycles. The molecule has 0 fully saturated rings. The molecule has 0 saturated heterocycles. The van der Waals surface area contributed by atoms with Crippen LogP contribution in [0.1, 0.15) is 20.8 Å². The Morgan fingerprint density at radius 2 is 2.14 bits per heavy atom. The van der Waals surface area contributed by atoms with Crippen LogP contribution in [0.4, 0.5) is 0 Å². The minimum absolute atomic E-state index is 0.557. The van der Waals surface area contributed by atoms with Crippen LogP contribution in [0.25, 0.3) is 0 Å². The molecule has 1 unspecified atom stereocenters. The number of thioether (sulfide) groups is 1. The van der Waals surface area contributed by atoms with Crippen LogP contribution in [-0.4, -0.2) is 22.8 Å². The monoisotopic (exact) mass is 210 g/mol. The summed E-state index contributed by atoms with van der Waals surface area (Å²) in [4.78, 5) is 4.28. The van der Waals surface area contributed by atoms with Gasteiger partial charge >= 0.3 is 0 Å². The summed E-state index contributed by atoms with van der Waals surface area (Å²) in [6.07, 6.45) is 1.84. The number of rotatable bonds is 5. The van der Waals surface area contributed by atoms with Crippen LogP contribution < -0.4 is 5.32 Å². The molecule has 14 heavy (non-hydrogen) atoms. The first-order valence-electron chi connectivity index (χ1n) is 4.99. The summed E-state index contributed by atoms with van der Waals surface area (Å²) in [6.45, 7) is 7.57. The zero-order valence-electron chi connectivity index (χ0n) is 9.03. The fourth-order valence-electron chi connectivity index (χ4n) is 1.07. The van der Waals surface area contributed by atoms with E-state index < -0.39 is 0 Å². The Bertz CT molecular complexity index is 249. The van der Waals surface area contributed by atoms with Crippen molar-refractivity contribution >= 4 is 11.8 Å². The summed E-state index contributed by atoms with van der Waals surface area (Å²) in [5, 5.41) is 5.08. The number of hydrogen-bond donors (Lipinski definition) is 1. The van der Waals surface area contributed by atoms with Crippen molar-refractivity contribution in [1.82, 2.24) is 10.3 Å². The molecule has 3 heteroatoms. The molecular formula is C11H18N2S. The van der Waals surface area contributed by atoms with E-state index in [1.165, 1.54) is 0 Å². The molecule has 0 radical (unpaired) electrons. The number of nitrogens with zero attached hydrogens (tertiary/aromatic N) is 1. The van der Waals surface area contributed by atoms with E-state index in [9.17, 15) is 0 Å². The van der Waals surface area contributed by atoms with Crippen LogP contribution in [0.5, 0.6) is 0 Å². The van der Waals surface area contributed by atoms with Crippen LogP contribution in [0.3, 0.4) is 0 Å². The lowest BCUT2D eigenvalue weighted by atomic mass is 10.3. The van der Waals surface area contributed by atoms with Crippen LogP contribution in [-0.2, 0) is 0 Å². The van der Waals surface area contributed by atoms with Crippen molar-refractivity contribution in [3.05, 3.63) is 24.4 Å². The second-order valence-electron chi connectivity index (χ2n) is 3.66. The molecule has 0 saturated carbocycles. The van der Waals surface area contributed by atoms with E-state index in [4.69, 9.17) is 0 Å². The van der Waals surface area contributed by atoms with Crippen molar-refractivity contribution in [2.45, 2.75) is 37.1 Å². The van der Waals surface area contributed by atoms with Crippen molar-refractivity contribution in [2.75, 3.05) is 6.54 Å². The van der Waals surface area contributed by atoms with Crippen molar-refractivity contribution in [3.63, 3.8) is 0 Å². The Morgan fingerprint density at radius 3 is 2.71 bits per heavy atom. The molecule has 0 aliphatic rings. The van der Waals surface area contributed by atoms with Crippen LogP contribution in [0.2, 0.25) is 0 Å². The molecule has 1 N–H and O–H groups in total. The first-order chi connectivity index (χ1) is 6.68. The lowest BCUT2D eigenvalue weighted by molar-refractivity contribution is 0.589. The predicted octanol–water partition coefficient (Wildman–Crippen LogP) is 2.56. The van der Waals surface area contributed by atoms with E-state index in [0.29, 0.717) is 11.3 Å². The van der Waals surface area contributed by atoms with Gasteiger partial charge < -0.3 is 5.32 Å². The summed E-state index contributed by atoms with van der Waals surface area (Å²) in [5.74, 6) is 0. The summed E-state index contributed by atoms with van der Waals surface area (Å²) < 4.78 is 0. The standard InChI is InChI=1S/C11H18N2S/c1-9(2)13-8-10(3)14-11-6-4-5-7-12-11/h4-7,9-10,13H,8H2,1-3H3. The maximum atomic E-state index is 4.28. The van der Waals surface area contributed by atoms with Gasteiger partial charge in [-0.3, -0.25) is 0 Å². The third-order valence-corrected chi connectivity index (χ3v) is 2.83. The number of hydrogen-bond acceptors (Lipinski definition) is 3. The van der Waals surface area contributed by atoms with Gasteiger partial charge in [-0.15, -0.1) is 11.8 Å². The highest BCUT2D eigenvalue weighted by atomic mass is 32.2. The largest absolute Gasteiger partial charge is 0.313 e. The molecule has 1 heterocycles. The Balaban J connectivity index is 2.30. The van der Waals surface area contributed by atoms with E-state index in [0.717, 1.165) is 11.6 Å². The van der Waals surface area contributed by atoms with E-state index in [-0.39, 0.29) is 0 Å². The molecule has 78 valence electrons. The van der Waals surface area contributed by atoms with E-state index in [1.54, 1.807) is 0 Å². The van der Waals surface area contributed by atoms with Gasteiger partial charge in [-0.25, -0.2) is 4.98 Å². The van der Waals surface area contributed by atoms with Crippen molar-refractivity contribution in [3.8, 4) is 0 Å². The molecule has 0 aliphatic carbocycles. The molecule has 1 aromatic heterocycles. The lowest BCUT2D eigenvalue weighted by Gasteiger charge is -2.13. The van der Waals surface area contributed by atoms with Gasteiger partial charge in [0.2, 0.25) is 0 Å². The average Bonchev–Trinajstić information content (AvgIpc) is 2.16. The van der Waals surface area contributed by atoms with Crippen LogP contribution in [0.15, 0.2) is 29.4 Å². The molecular weight excluding hydrogens is 192 g/mol. The molecule has 2 nitrogen and oxygen atoms in total. The number of aromatic nitrogens is 1. The van der Waals surface area contributed by atoms with Gasteiger partial charge in [-0.05, 0) is 12.1 Å². The van der Waals surface area contributed by atoms with Gasteiger partial charge in [0.15, 0.2) is 0 Å². The highest BCUT2D eigenvalue weighted by molar-refractivity contribution is 7.99. The normalized spacial score (nSPS) is 13.1. The predicted molar refractivity (Wildman–Crippen MR) is 62.7 cm³/mol. The van der Waals surface area contributed by atoms with Crippen molar-refractivity contribution in [2.24, 2.45) is 0 Å². The average molecular weight is 210 g/mol. The van der Waals surface area contributed by atoms with E-state index in [1.807, 2.05) is 30.1 Å². The van der Waals surface area contributed by atoms with Gasteiger partial charge in [0.1, 0.15) is 0 Å². The first-order valence-corrected chi connectivity index (χ1v) is 5.87. The number of pyridine rings is 1. The van der Waals surface area contributed by atoms with Crippen molar-refractivity contribution in [1.29, 1.82) is 0 Å². The number of nitrogens with one attached hydrogen (secondary N) is 1. The van der Waals surface area contributed by atoms with Gasteiger partial charge in [0, 0.05) is 24.0 Å². The third kappa shape index (κ3) is 4.63. The minimum atomic E-state index is 0.557. The molecule has 1 rings (SSSR count). The summed E-state index contributed by atoms with van der Waals surface area (Å²) >= 11 is 1.81. The molecule has 1 atom stereocenters. The highest BCUT2D eigenvalue weighted by Crippen LogP contribution is 2.19. The Labute approximate surface area is 90.5 Å². The summed E-state index contributed by atoms with van der Waals surface area (Å²) in [6, 6.07) is 6.58. The quantitative estimate of drug-likeness (QED) is 0.756. The van der Waals surface area contributed by atoms with Crippen LogP contribution >= 0.6 is 11.8 Å².